The van der Waals surface area contributed by atoms with Crippen molar-refractivity contribution < 1.29 is 4.74 Å². The first-order valence-corrected chi connectivity index (χ1v) is 6.42. The lowest BCUT2D eigenvalue weighted by Gasteiger charge is -2.40. The van der Waals surface area contributed by atoms with E-state index in [0.29, 0.717) is 0 Å². The number of ether oxygens (including phenoxy) is 1. The second-order valence-corrected chi connectivity index (χ2v) is 5.88. The highest BCUT2D eigenvalue weighted by Gasteiger charge is 2.27. The fourth-order valence-electron chi connectivity index (χ4n) is 2.20. The highest BCUT2D eigenvalue weighted by Crippen LogP contribution is 2.27. The molecule has 1 aromatic rings. The zero-order valence-corrected chi connectivity index (χ0v) is 11.7. The molecule has 0 aromatic heterocycles. The Balaban J connectivity index is 2.23. The number of rotatable bonds is 1. The molecule has 0 N–H and O–H groups in total. The van der Waals surface area contributed by atoms with Crippen LogP contribution in [0.15, 0.2) is 22.7 Å². The van der Waals surface area contributed by atoms with Gasteiger partial charge in [-0.05, 0) is 44.5 Å². The van der Waals surface area contributed by atoms with Gasteiger partial charge in [0.05, 0.1) is 12.2 Å². The van der Waals surface area contributed by atoms with Gasteiger partial charge in [0.1, 0.15) is 0 Å². The van der Waals surface area contributed by atoms with Gasteiger partial charge in [0, 0.05) is 23.2 Å². The smallest absolute Gasteiger partial charge is 0.0801 e. The van der Waals surface area contributed by atoms with Gasteiger partial charge in [0.15, 0.2) is 0 Å². The van der Waals surface area contributed by atoms with Gasteiger partial charge in [0.25, 0.3) is 0 Å². The Morgan fingerprint density at radius 3 is 2.75 bits per heavy atom. The van der Waals surface area contributed by atoms with Crippen LogP contribution in [0.2, 0.25) is 0 Å². The first-order valence-electron chi connectivity index (χ1n) is 5.63. The number of anilines is 1. The molecule has 1 saturated heterocycles. The van der Waals surface area contributed by atoms with E-state index in [1.807, 2.05) is 0 Å². The zero-order valence-electron chi connectivity index (χ0n) is 10.1. The summed E-state index contributed by atoms with van der Waals surface area (Å²) < 4.78 is 6.87. The van der Waals surface area contributed by atoms with Crippen LogP contribution in [0.4, 0.5) is 5.69 Å². The Bertz CT molecular complexity index is 390. The SMILES string of the molecule is Cc1cc(Br)ccc1N1CCOC(C)(C)C1. The average molecular weight is 284 g/mol. The Morgan fingerprint density at radius 2 is 2.12 bits per heavy atom. The molecule has 0 bridgehead atoms. The summed E-state index contributed by atoms with van der Waals surface area (Å²) in [7, 11) is 0. The lowest BCUT2D eigenvalue weighted by Crippen LogP contribution is -2.48. The van der Waals surface area contributed by atoms with Crippen LogP contribution < -0.4 is 4.90 Å². The number of hydrogen-bond acceptors (Lipinski definition) is 2. The first kappa shape index (κ1) is 11.9. The first-order chi connectivity index (χ1) is 7.48. The Labute approximate surface area is 106 Å². The van der Waals surface area contributed by atoms with Gasteiger partial charge in [-0.3, -0.25) is 0 Å². The molecule has 3 heteroatoms. The van der Waals surface area contributed by atoms with Crippen molar-refractivity contribution in [1.29, 1.82) is 0 Å². The minimum atomic E-state index is -0.0439. The summed E-state index contributed by atoms with van der Waals surface area (Å²) in [6.45, 7) is 9.19. The van der Waals surface area contributed by atoms with Crippen molar-refractivity contribution in [2.45, 2.75) is 26.4 Å². The molecule has 0 atom stereocenters. The van der Waals surface area contributed by atoms with Crippen LogP contribution in [0.3, 0.4) is 0 Å². The molecule has 0 saturated carbocycles. The van der Waals surface area contributed by atoms with Gasteiger partial charge in [0.2, 0.25) is 0 Å². The van der Waals surface area contributed by atoms with Crippen molar-refractivity contribution in [3.8, 4) is 0 Å². The molecule has 0 amide bonds. The fourth-order valence-corrected chi connectivity index (χ4v) is 2.67. The third-order valence-corrected chi connectivity index (χ3v) is 3.42. The summed E-state index contributed by atoms with van der Waals surface area (Å²) in [4.78, 5) is 2.41. The molecule has 16 heavy (non-hydrogen) atoms. The molecule has 1 fully saturated rings. The van der Waals surface area contributed by atoms with Crippen molar-refractivity contribution in [1.82, 2.24) is 0 Å². The molecule has 2 nitrogen and oxygen atoms in total. The standard InChI is InChI=1S/C13H18BrNO/c1-10-8-11(14)4-5-12(10)15-6-7-16-13(2,3)9-15/h4-5,8H,6-7,9H2,1-3H3. The van der Waals surface area contributed by atoms with Crippen molar-refractivity contribution in [3.05, 3.63) is 28.2 Å². The van der Waals surface area contributed by atoms with Gasteiger partial charge in [-0.15, -0.1) is 0 Å². The molecule has 0 radical (unpaired) electrons. The zero-order chi connectivity index (χ0) is 11.8. The van der Waals surface area contributed by atoms with E-state index in [2.05, 4.69) is 59.8 Å². The summed E-state index contributed by atoms with van der Waals surface area (Å²) >= 11 is 3.50. The summed E-state index contributed by atoms with van der Waals surface area (Å²) in [5.41, 5.74) is 2.59. The third-order valence-electron chi connectivity index (χ3n) is 2.93. The number of aryl methyl sites for hydroxylation is 1. The topological polar surface area (TPSA) is 12.5 Å². The van der Waals surface area contributed by atoms with E-state index in [4.69, 9.17) is 4.74 Å². The predicted molar refractivity (Wildman–Crippen MR) is 71.1 cm³/mol. The van der Waals surface area contributed by atoms with Crippen LogP contribution in [0.5, 0.6) is 0 Å². The van der Waals surface area contributed by atoms with Gasteiger partial charge < -0.3 is 9.64 Å². The van der Waals surface area contributed by atoms with Crippen LogP contribution in [0.1, 0.15) is 19.4 Å². The van der Waals surface area contributed by atoms with Gasteiger partial charge in [-0.25, -0.2) is 0 Å². The van der Waals surface area contributed by atoms with Crippen LogP contribution >= 0.6 is 15.9 Å². The summed E-state index contributed by atoms with van der Waals surface area (Å²) in [5, 5.41) is 0. The molecule has 88 valence electrons. The van der Waals surface area contributed by atoms with E-state index < -0.39 is 0 Å². The molecule has 0 spiro atoms. The predicted octanol–water partition coefficient (Wildman–Crippen LogP) is 3.37. The maximum atomic E-state index is 5.73. The van der Waals surface area contributed by atoms with Crippen molar-refractivity contribution in [3.63, 3.8) is 0 Å². The number of halogens is 1. The van der Waals surface area contributed by atoms with E-state index in [9.17, 15) is 0 Å². The van der Waals surface area contributed by atoms with E-state index in [1.165, 1.54) is 11.3 Å². The highest BCUT2D eigenvalue weighted by molar-refractivity contribution is 9.10. The lowest BCUT2D eigenvalue weighted by atomic mass is 10.1. The van der Waals surface area contributed by atoms with Crippen LogP contribution in [0.25, 0.3) is 0 Å². The van der Waals surface area contributed by atoms with Gasteiger partial charge >= 0.3 is 0 Å². The molecule has 1 heterocycles. The molecule has 0 aliphatic carbocycles. The molecule has 0 unspecified atom stereocenters. The number of benzene rings is 1. The second kappa shape index (κ2) is 4.38. The van der Waals surface area contributed by atoms with Gasteiger partial charge in [-0.2, -0.15) is 0 Å². The minimum Gasteiger partial charge on any atom is -0.372 e. The van der Waals surface area contributed by atoms with Crippen molar-refractivity contribution in [2.75, 3.05) is 24.6 Å². The number of hydrogen-bond donors (Lipinski definition) is 0. The van der Waals surface area contributed by atoms with Gasteiger partial charge in [-0.1, -0.05) is 15.9 Å². The normalized spacial score (nSPS) is 19.9. The van der Waals surface area contributed by atoms with Crippen LogP contribution in [-0.4, -0.2) is 25.3 Å². The lowest BCUT2D eigenvalue weighted by molar-refractivity contribution is -0.0277. The summed E-state index contributed by atoms with van der Waals surface area (Å²) in [5.74, 6) is 0. The van der Waals surface area contributed by atoms with Crippen LogP contribution in [0, 0.1) is 6.92 Å². The van der Waals surface area contributed by atoms with E-state index in [0.717, 1.165) is 24.2 Å². The maximum absolute atomic E-state index is 5.73. The quantitative estimate of drug-likeness (QED) is 0.784. The number of morpholine rings is 1. The monoisotopic (exact) mass is 283 g/mol. The molecule has 1 aliphatic rings. The van der Waals surface area contributed by atoms with E-state index in [1.54, 1.807) is 0 Å². The Morgan fingerprint density at radius 1 is 1.38 bits per heavy atom. The van der Waals surface area contributed by atoms with E-state index in [-0.39, 0.29) is 5.60 Å². The highest BCUT2D eigenvalue weighted by atomic mass is 79.9. The summed E-state index contributed by atoms with van der Waals surface area (Å²) in [6.07, 6.45) is 0. The molecule has 1 aromatic carbocycles. The number of nitrogens with zero attached hydrogens (tertiary/aromatic N) is 1. The largest absolute Gasteiger partial charge is 0.372 e. The molecule has 2 rings (SSSR count). The maximum Gasteiger partial charge on any atom is 0.0801 e. The molecule has 1 aliphatic heterocycles. The minimum absolute atomic E-state index is 0.0439. The second-order valence-electron chi connectivity index (χ2n) is 4.96. The fraction of sp³-hybridized carbons (Fsp3) is 0.538. The Hall–Kier alpha value is -0.540. The average Bonchev–Trinajstić information content (AvgIpc) is 2.15. The van der Waals surface area contributed by atoms with Crippen LogP contribution in [-0.2, 0) is 4.74 Å². The molecular weight excluding hydrogens is 266 g/mol. The third kappa shape index (κ3) is 2.58. The molecular formula is C13H18BrNO. The van der Waals surface area contributed by atoms with Crippen molar-refractivity contribution in [2.24, 2.45) is 0 Å². The van der Waals surface area contributed by atoms with Crippen molar-refractivity contribution >= 4 is 21.6 Å². The van der Waals surface area contributed by atoms with E-state index >= 15 is 0 Å². The Kier molecular flexibility index (Phi) is 3.27. The summed E-state index contributed by atoms with van der Waals surface area (Å²) in [6, 6.07) is 6.45.